The Kier molecular flexibility index (Phi) is 3.88. The average molecular weight is 247 g/mol. The Morgan fingerprint density at radius 2 is 2.29 bits per heavy atom. The van der Waals surface area contributed by atoms with Crippen molar-refractivity contribution in [2.75, 3.05) is 6.61 Å². The fraction of sp³-hybridized carbons (Fsp3) is 0.231. The summed E-state index contributed by atoms with van der Waals surface area (Å²) in [5.41, 5.74) is 0.468. The first kappa shape index (κ1) is 11.8. The second-order valence-electron chi connectivity index (χ2n) is 3.61. The van der Waals surface area contributed by atoms with Crippen LogP contribution in [0.15, 0.2) is 35.8 Å². The summed E-state index contributed by atoms with van der Waals surface area (Å²) in [7, 11) is 0. The van der Waals surface area contributed by atoms with Crippen LogP contribution in [-0.2, 0) is 6.42 Å². The summed E-state index contributed by atoms with van der Waals surface area (Å²) in [5.74, 6) is 0.668. The largest absolute Gasteiger partial charge is 0.492 e. The first-order valence-corrected chi connectivity index (χ1v) is 6.26. The Balaban J connectivity index is 1.85. The van der Waals surface area contributed by atoms with Gasteiger partial charge in [-0.1, -0.05) is 6.07 Å². The monoisotopic (exact) mass is 247 g/mol. The predicted octanol–water partition coefficient (Wildman–Crippen LogP) is 2.97. The molecule has 17 heavy (non-hydrogen) atoms. The van der Waals surface area contributed by atoms with Gasteiger partial charge in [-0.3, -0.25) is 4.79 Å². The van der Waals surface area contributed by atoms with Crippen LogP contribution < -0.4 is 4.74 Å². The Morgan fingerprint density at radius 1 is 1.41 bits per heavy atom. The van der Waals surface area contributed by atoms with Gasteiger partial charge in [0.25, 0.3) is 0 Å². The number of aromatic nitrogens is 1. The minimum Gasteiger partial charge on any atom is -0.492 e. The topological polar surface area (TPSA) is 39.2 Å². The van der Waals surface area contributed by atoms with Crippen molar-refractivity contribution in [2.24, 2.45) is 0 Å². The molecule has 88 valence electrons. The highest BCUT2D eigenvalue weighted by Crippen LogP contribution is 2.12. The van der Waals surface area contributed by atoms with Gasteiger partial charge in [-0.15, -0.1) is 11.3 Å². The third-order valence-electron chi connectivity index (χ3n) is 2.29. The quantitative estimate of drug-likeness (QED) is 0.762. The molecule has 2 aromatic heterocycles. The third kappa shape index (κ3) is 3.39. The molecule has 4 heteroatoms. The summed E-state index contributed by atoms with van der Waals surface area (Å²) in [6, 6.07) is 7.58. The molecule has 0 N–H and O–H groups in total. The highest BCUT2D eigenvalue weighted by atomic mass is 32.1. The van der Waals surface area contributed by atoms with E-state index in [1.807, 2.05) is 6.07 Å². The smallest absolute Gasteiger partial charge is 0.178 e. The molecule has 0 saturated carbocycles. The molecule has 2 heterocycles. The van der Waals surface area contributed by atoms with Gasteiger partial charge >= 0.3 is 0 Å². The molecule has 0 amide bonds. The molecule has 0 aromatic carbocycles. The molecular weight excluding hydrogens is 234 g/mol. The van der Waals surface area contributed by atoms with E-state index in [0.717, 1.165) is 6.42 Å². The lowest BCUT2D eigenvalue weighted by Crippen LogP contribution is -2.02. The molecule has 0 aliphatic heterocycles. The van der Waals surface area contributed by atoms with Crippen LogP contribution in [0.4, 0.5) is 0 Å². The summed E-state index contributed by atoms with van der Waals surface area (Å²) < 4.78 is 5.55. The molecule has 0 aliphatic rings. The molecule has 0 fully saturated rings. The van der Waals surface area contributed by atoms with Crippen LogP contribution in [0.25, 0.3) is 0 Å². The summed E-state index contributed by atoms with van der Waals surface area (Å²) in [6.45, 7) is 2.13. The maximum atomic E-state index is 11.0. The fourth-order valence-electron chi connectivity index (χ4n) is 1.40. The SMILES string of the molecule is CC(=O)c1ccc(OCCc2cccs2)cn1. The molecular formula is C13H13NO2S. The Bertz CT molecular complexity index is 477. The van der Waals surface area contributed by atoms with Crippen molar-refractivity contribution in [3.05, 3.63) is 46.4 Å². The van der Waals surface area contributed by atoms with E-state index in [9.17, 15) is 4.79 Å². The highest BCUT2D eigenvalue weighted by molar-refractivity contribution is 7.09. The lowest BCUT2D eigenvalue weighted by molar-refractivity contribution is 0.101. The van der Waals surface area contributed by atoms with Gasteiger partial charge in [0.2, 0.25) is 0 Å². The number of carbonyl (C=O) groups is 1. The number of carbonyl (C=O) groups excluding carboxylic acids is 1. The second-order valence-corrected chi connectivity index (χ2v) is 4.65. The van der Waals surface area contributed by atoms with Crippen LogP contribution in [0.2, 0.25) is 0 Å². The van der Waals surface area contributed by atoms with Gasteiger partial charge in [0.1, 0.15) is 11.4 Å². The first-order chi connectivity index (χ1) is 8.25. The number of ketones is 1. The average Bonchev–Trinajstić information content (AvgIpc) is 2.83. The van der Waals surface area contributed by atoms with Gasteiger partial charge in [-0.2, -0.15) is 0 Å². The van der Waals surface area contributed by atoms with Crippen LogP contribution in [0.5, 0.6) is 5.75 Å². The minimum atomic E-state index is -0.0323. The Labute approximate surface area is 104 Å². The maximum Gasteiger partial charge on any atom is 0.178 e. The van der Waals surface area contributed by atoms with E-state index in [1.165, 1.54) is 11.8 Å². The van der Waals surface area contributed by atoms with Crippen LogP contribution in [0.1, 0.15) is 22.3 Å². The summed E-state index contributed by atoms with van der Waals surface area (Å²) in [5, 5.41) is 2.05. The molecule has 0 radical (unpaired) electrons. The summed E-state index contributed by atoms with van der Waals surface area (Å²) >= 11 is 1.72. The van der Waals surface area contributed by atoms with E-state index in [0.29, 0.717) is 18.1 Å². The van der Waals surface area contributed by atoms with Crippen LogP contribution in [0.3, 0.4) is 0 Å². The number of ether oxygens (including phenoxy) is 1. The molecule has 3 nitrogen and oxygen atoms in total. The van der Waals surface area contributed by atoms with E-state index < -0.39 is 0 Å². The van der Waals surface area contributed by atoms with Gasteiger partial charge in [-0.05, 0) is 23.6 Å². The zero-order chi connectivity index (χ0) is 12.1. The van der Waals surface area contributed by atoms with Gasteiger partial charge in [0, 0.05) is 18.2 Å². The van der Waals surface area contributed by atoms with Crippen molar-refractivity contribution in [2.45, 2.75) is 13.3 Å². The zero-order valence-electron chi connectivity index (χ0n) is 9.55. The van der Waals surface area contributed by atoms with Crippen molar-refractivity contribution in [3.8, 4) is 5.75 Å². The first-order valence-electron chi connectivity index (χ1n) is 5.38. The Hall–Kier alpha value is -1.68. The van der Waals surface area contributed by atoms with Gasteiger partial charge in [0.15, 0.2) is 5.78 Å². The normalized spacial score (nSPS) is 10.2. The van der Waals surface area contributed by atoms with E-state index in [2.05, 4.69) is 16.4 Å². The van der Waals surface area contributed by atoms with E-state index in [1.54, 1.807) is 29.7 Å². The molecule has 2 aromatic rings. The Morgan fingerprint density at radius 3 is 2.88 bits per heavy atom. The number of thiophene rings is 1. The summed E-state index contributed by atoms with van der Waals surface area (Å²) in [4.78, 5) is 16.4. The molecule has 0 saturated heterocycles. The number of Topliss-reactive ketones (excluding diaryl/α,β-unsaturated/α-hetero) is 1. The summed E-state index contributed by atoms with van der Waals surface area (Å²) in [6.07, 6.45) is 2.48. The van der Waals surface area contributed by atoms with Crippen LogP contribution in [-0.4, -0.2) is 17.4 Å². The molecule has 0 spiro atoms. The molecule has 0 bridgehead atoms. The zero-order valence-corrected chi connectivity index (χ0v) is 10.4. The van der Waals surface area contributed by atoms with Crippen molar-refractivity contribution in [3.63, 3.8) is 0 Å². The minimum absolute atomic E-state index is 0.0323. The standard InChI is InChI=1S/C13H13NO2S/c1-10(15)13-5-4-11(9-14-13)16-7-6-12-3-2-8-17-12/h2-5,8-9H,6-7H2,1H3. The molecule has 0 aliphatic carbocycles. The number of nitrogens with zero attached hydrogens (tertiary/aromatic N) is 1. The van der Waals surface area contributed by atoms with Gasteiger partial charge < -0.3 is 4.74 Å². The molecule has 0 unspecified atom stereocenters. The number of hydrogen-bond donors (Lipinski definition) is 0. The molecule has 0 atom stereocenters. The van der Waals surface area contributed by atoms with Crippen molar-refractivity contribution < 1.29 is 9.53 Å². The van der Waals surface area contributed by atoms with E-state index in [4.69, 9.17) is 4.74 Å². The van der Waals surface area contributed by atoms with Crippen LogP contribution >= 0.6 is 11.3 Å². The number of hydrogen-bond acceptors (Lipinski definition) is 4. The molecule has 2 rings (SSSR count). The van der Waals surface area contributed by atoms with Gasteiger partial charge in [0.05, 0.1) is 12.8 Å². The van der Waals surface area contributed by atoms with Crippen molar-refractivity contribution in [1.29, 1.82) is 0 Å². The van der Waals surface area contributed by atoms with E-state index >= 15 is 0 Å². The maximum absolute atomic E-state index is 11.0. The lowest BCUT2D eigenvalue weighted by Gasteiger charge is -2.04. The van der Waals surface area contributed by atoms with Crippen molar-refractivity contribution >= 4 is 17.1 Å². The second kappa shape index (κ2) is 5.59. The van der Waals surface area contributed by atoms with Gasteiger partial charge in [-0.25, -0.2) is 4.98 Å². The van der Waals surface area contributed by atoms with Crippen molar-refractivity contribution in [1.82, 2.24) is 4.98 Å². The number of pyridine rings is 1. The fourth-order valence-corrected chi connectivity index (χ4v) is 2.09. The lowest BCUT2D eigenvalue weighted by atomic mass is 10.3. The highest BCUT2D eigenvalue weighted by Gasteiger charge is 2.01. The predicted molar refractivity (Wildman–Crippen MR) is 67.8 cm³/mol. The van der Waals surface area contributed by atoms with E-state index in [-0.39, 0.29) is 5.78 Å². The number of rotatable bonds is 5. The van der Waals surface area contributed by atoms with Crippen LogP contribution in [0, 0.1) is 0 Å². The third-order valence-corrected chi connectivity index (χ3v) is 3.23.